The molecule has 74 heavy (non-hydrogen) atoms. The molecule has 0 aromatic carbocycles. The molecule has 0 aromatic rings. The fourth-order valence-corrected chi connectivity index (χ4v) is 11.4. The molecule has 444 valence electrons. The van der Waals surface area contributed by atoms with Gasteiger partial charge in [0.1, 0.15) is 13.2 Å². The molecule has 0 rings (SSSR count). The lowest BCUT2D eigenvalue weighted by atomic mass is 10.0. The predicted molar refractivity (Wildman–Crippen MR) is 321 cm³/mol. The molecule has 9 heteroatoms. The predicted octanol–water partition coefficient (Wildman–Crippen LogP) is 20.1. The van der Waals surface area contributed by atoms with E-state index in [4.69, 9.17) is 9.05 Å². The van der Waals surface area contributed by atoms with Crippen molar-refractivity contribution in [1.29, 1.82) is 0 Å². The Balaban J connectivity index is 3.98. The zero-order valence-electron chi connectivity index (χ0n) is 50.8. The second-order valence-corrected chi connectivity index (χ2v) is 26.0. The highest BCUT2D eigenvalue weighted by atomic mass is 31.2. The molecule has 2 N–H and O–H groups in total. The van der Waals surface area contributed by atoms with Crippen LogP contribution in [0.1, 0.15) is 361 Å². The molecule has 0 radical (unpaired) electrons. The Kier molecular flexibility index (Phi) is 56.8. The standard InChI is InChI=1S/C65H133N2O6P/c1-6-8-10-12-14-16-18-20-22-24-26-28-29-30-31-32-33-34-35-36-37-39-41-43-45-47-49-51-53-55-57-59-65(69)66-63(62-73-74(70,71)72-61-60-67(3,4)5)64(68)58-56-54-52-50-48-46-44-42-40-38-27-25-23-21-19-17-15-13-11-9-7-2/h63-64,68H,6-62H2,1-5H3,(H-,66,69,70,71). The molecule has 3 atom stereocenters. The van der Waals surface area contributed by atoms with Gasteiger partial charge in [0.15, 0.2) is 0 Å². The largest absolute Gasteiger partial charge is 0.756 e. The first-order valence-corrected chi connectivity index (χ1v) is 34.8. The van der Waals surface area contributed by atoms with E-state index < -0.39 is 20.0 Å². The Labute approximate surface area is 463 Å². The number of carbonyl (C=O) groups excluding carboxylic acids is 1. The van der Waals surface area contributed by atoms with Gasteiger partial charge in [0.2, 0.25) is 5.91 Å². The number of hydrogen-bond acceptors (Lipinski definition) is 6. The molecule has 3 unspecified atom stereocenters. The van der Waals surface area contributed by atoms with Gasteiger partial charge in [0.25, 0.3) is 7.82 Å². The first-order valence-electron chi connectivity index (χ1n) is 33.4. The lowest BCUT2D eigenvalue weighted by Crippen LogP contribution is -2.46. The lowest BCUT2D eigenvalue weighted by molar-refractivity contribution is -0.870. The summed E-state index contributed by atoms with van der Waals surface area (Å²) in [6, 6.07) is -0.796. The van der Waals surface area contributed by atoms with Gasteiger partial charge in [0, 0.05) is 6.42 Å². The van der Waals surface area contributed by atoms with Crippen molar-refractivity contribution in [3.05, 3.63) is 0 Å². The zero-order chi connectivity index (χ0) is 54.2. The molecule has 0 saturated carbocycles. The minimum atomic E-state index is -4.57. The molecule has 0 aliphatic carbocycles. The Bertz CT molecular complexity index is 1170. The maximum Gasteiger partial charge on any atom is 0.268 e. The van der Waals surface area contributed by atoms with Crippen LogP contribution in [0.4, 0.5) is 0 Å². The third-order valence-electron chi connectivity index (χ3n) is 15.8. The number of amides is 1. The fourth-order valence-electron chi connectivity index (χ4n) is 10.6. The van der Waals surface area contributed by atoms with E-state index in [1.807, 2.05) is 21.1 Å². The average molecular weight is 1070 g/mol. The molecule has 1 amide bonds. The van der Waals surface area contributed by atoms with Crippen LogP contribution in [-0.4, -0.2) is 68.5 Å². The normalized spacial score (nSPS) is 13.7. The summed E-state index contributed by atoms with van der Waals surface area (Å²) in [5, 5.41) is 14.1. The summed E-state index contributed by atoms with van der Waals surface area (Å²) in [4.78, 5) is 25.6. The molecule has 0 spiro atoms. The van der Waals surface area contributed by atoms with Crippen molar-refractivity contribution in [2.24, 2.45) is 0 Å². The molecule has 0 heterocycles. The number of nitrogens with one attached hydrogen (secondary N) is 1. The third-order valence-corrected chi connectivity index (χ3v) is 16.8. The minimum Gasteiger partial charge on any atom is -0.756 e. The second-order valence-electron chi connectivity index (χ2n) is 24.5. The van der Waals surface area contributed by atoms with Gasteiger partial charge in [-0.15, -0.1) is 0 Å². The number of phosphoric ester groups is 1. The molecule has 0 fully saturated rings. The number of quaternary nitrogens is 1. The summed E-state index contributed by atoms with van der Waals surface area (Å²) in [6.07, 6.45) is 70.3. The van der Waals surface area contributed by atoms with Crippen LogP contribution in [0, 0.1) is 0 Å². The summed E-state index contributed by atoms with van der Waals surface area (Å²) in [5.41, 5.74) is 0. The SMILES string of the molecule is CCCCCCCCCCCCCCCCCCCCCCCCCCCCCCCCCC(=O)NC(COP(=O)([O-])OCC[N+](C)(C)C)C(O)CCCCCCCCCCCCCCCCCCCCCCC. The van der Waals surface area contributed by atoms with Crippen LogP contribution in [-0.2, 0) is 18.4 Å². The second kappa shape index (κ2) is 57.2. The van der Waals surface area contributed by atoms with Crippen molar-refractivity contribution < 1.29 is 32.9 Å². The highest BCUT2D eigenvalue weighted by molar-refractivity contribution is 7.45. The van der Waals surface area contributed by atoms with Gasteiger partial charge in [0.05, 0.1) is 39.9 Å². The van der Waals surface area contributed by atoms with E-state index in [2.05, 4.69) is 19.2 Å². The molecule has 0 saturated heterocycles. The maximum absolute atomic E-state index is 13.0. The molecule has 8 nitrogen and oxygen atoms in total. The quantitative estimate of drug-likeness (QED) is 0.0357. The summed E-state index contributed by atoms with van der Waals surface area (Å²) < 4.78 is 23.5. The van der Waals surface area contributed by atoms with Crippen molar-refractivity contribution in [2.45, 2.75) is 373 Å². The van der Waals surface area contributed by atoms with Gasteiger partial charge in [-0.25, -0.2) is 0 Å². The summed E-state index contributed by atoms with van der Waals surface area (Å²) >= 11 is 0. The van der Waals surface area contributed by atoms with E-state index in [0.717, 1.165) is 38.5 Å². The number of unbranched alkanes of at least 4 members (excludes halogenated alkanes) is 50. The third kappa shape index (κ3) is 59.2. The number of aliphatic hydroxyl groups is 1. The number of carbonyl (C=O) groups is 1. The van der Waals surface area contributed by atoms with Gasteiger partial charge >= 0.3 is 0 Å². The Morgan fingerprint density at radius 1 is 0.419 bits per heavy atom. The Hall–Kier alpha value is -0.500. The topological polar surface area (TPSA) is 108 Å². The van der Waals surface area contributed by atoms with E-state index >= 15 is 0 Å². The fraction of sp³-hybridized carbons (Fsp3) is 0.985. The smallest absolute Gasteiger partial charge is 0.268 e. The van der Waals surface area contributed by atoms with E-state index in [-0.39, 0.29) is 19.1 Å². The van der Waals surface area contributed by atoms with Crippen molar-refractivity contribution in [3.63, 3.8) is 0 Å². The molecule has 0 aliphatic heterocycles. The van der Waals surface area contributed by atoms with Crippen LogP contribution < -0.4 is 10.2 Å². The molecule has 0 bridgehead atoms. The Morgan fingerprint density at radius 2 is 0.662 bits per heavy atom. The maximum atomic E-state index is 13.0. The highest BCUT2D eigenvalue weighted by Crippen LogP contribution is 2.38. The van der Waals surface area contributed by atoms with Crippen LogP contribution in [0.25, 0.3) is 0 Å². The monoisotopic (exact) mass is 1070 g/mol. The van der Waals surface area contributed by atoms with Gasteiger partial charge < -0.3 is 28.8 Å². The van der Waals surface area contributed by atoms with Crippen LogP contribution in [0.3, 0.4) is 0 Å². The minimum absolute atomic E-state index is 0.0169. The number of aliphatic hydroxyl groups excluding tert-OH is 1. The van der Waals surface area contributed by atoms with Gasteiger partial charge in [-0.1, -0.05) is 341 Å². The van der Waals surface area contributed by atoms with E-state index in [1.165, 1.54) is 295 Å². The first kappa shape index (κ1) is 73.5. The van der Waals surface area contributed by atoms with Crippen molar-refractivity contribution in [3.8, 4) is 0 Å². The van der Waals surface area contributed by atoms with Gasteiger partial charge in [-0.2, -0.15) is 0 Å². The highest BCUT2D eigenvalue weighted by Gasteiger charge is 2.24. The average Bonchev–Trinajstić information content (AvgIpc) is 3.36. The lowest BCUT2D eigenvalue weighted by Gasteiger charge is -2.30. The van der Waals surface area contributed by atoms with Gasteiger partial charge in [-0.05, 0) is 12.8 Å². The van der Waals surface area contributed by atoms with Crippen LogP contribution >= 0.6 is 7.82 Å². The summed E-state index contributed by atoms with van der Waals surface area (Å²) in [6.45, 7) is 4.79. The number of rotatable bonds is 63. The number of likely N-dealkylation sites (N-methyl/N-ethyl adjacent to an activating group) is 1. The van der Waals surface area contributed by atoms with Crippen molar-refractivity contribution in [2.75, 3.05) is 40.9 Å². The summed E-state index contributed by atoms with van der Waals surface area (Å²) in [5.74, 6) is -0.154. The molecule has 0 aromatic heterocycles. The van der Waals surface area contributed by atoms with E-state index in [9.17, 15) is 19.4 Å². The molecular formula is C65H133N2O6P. The van der Waals surface area contributed by atoms with Crippen LogP contribution in [0.2, 0.25) is 0 Å². The van der Waals surface area contributed by atoms with E-state index in [0.29, 0.717) is 23.9 Å². The zero-order valence-corrected chi connectivity index (χ0v) is 51.7. The number of hydrogen-bond donors (Lipinski definition) is 2. The first-order chi connectivity index (χ1) is 36.0. The van der Waals surface area contributed by atoms with Crippen molar-refractivity contribution >= 4 is 13.7 Å². The van der Waals surface area contributed by atoms with Crippen LogP contribution in [0.15, 0.2) is 0 Å². The number of nitrogens with zero attached hydrogens (tertiary/aromatic N) is 1. The van der Waals surface area contributed by atoms with Gasteiger partial charge in [-0.3, -0.25) is 9.36 Å². The Morgan fingerprint density at radius 3 is 0.919 bits per heavy atom. The molecular weight excluding hydrogens is 936 g/mol. The van der Waals surface area contributed by atoms with E-state index in [1.54, 1.807) is 0 Å². The van der Waals surface area contributed by atoms with Crippen LogP contribution in [0.5, 0.6) is 0 Å². The number of phosphoric acid groups is 1. The molecule has 0 aliphatic rings. The summed E-state index contributed by atoms with van der Waals surface area (Å²) in [7, 11) is 1.33. The van der Waals surface area contributed by atoms with Crippen molar-refractivity contribution in [1.82, 2.24) is 5.32 Å².